The Morgan fingerprint density at radius 2 is 2.16 bits per heavy atom. The molecule has 1 unspecified atom stereocenters. The number of hydrogen-bond acceptors (Lipinski definition) is 4. The molecule has 0 aromatic rings. The number of likely N-dealkylation sites (N-methyl/N-ethyl adjacent to an activating group) is 1. The van der Waals surface area contributed by atoms with E-state index in [0.29, 0.717) is 26.1 Å². The molecule has 2 amide bonds. The minimum atomic E-state index is -0.177. The average molecular weight is 270 g/mol. The fourth-order valence-electron chi connectivity index (χ4n) is 2.11. The molecule has 1 aliphatic heterocycles. The van der Waals surface area contributed by atoms with E-state index in [1.54, 1.807) is 4.90 Å². The van der Waals surface area contributed by atoms with Gasteiger partial charge in [0, 0.05) is 32.6 Å². The van der Waals surface area contributed by atoms with Crippen molar-refractivity contribution in [2.45, 2.75) is 12.8 Å². The van der Waals surface area contributed by atoms with Crippen LogP contribution >= 0.6 is 0 Å². The first-order chi connectivity index (χ1) is 9.04. The van der Waals surface area contributed by atoms with E-state index in [-0.39, 0.29) is 17.7 Å². The maximum absolute atomic E-state index is 11.9. The van der Waals surface area contributed by atoms with E-state index in [9.17, 15) is 9.59 Å². The Kier molecular flexibility index (Phi) is 6.80. The smallest absolute Gasteiger partial charge is 0.225 e. The molecule has 0 radical (unpaired) electrons. The molecule has 1 atom stereocenters. The summed E-state index contributed by atoms with van der Waals surface area (Å²) in [4.78, 5) is 27.5. The Hall–Kier alpha value is -1.14. The first kappa shape index (κ1) is 15.9. The molecule has 110 valence electrons. The van der Waals surface area contributed by atoms with Crippen molar-refractivity contribution in [3.63, 3.8) is 0 Å². The first-order valence-corrected chi connectivity index (χ1v) is 6.89. The first-order valence-electron chi connectivity index (χ1n) is 6.89. The van der Waals surface area contributed by atoms with Crippen molar-refractivity contribution < 1.29 is 9.59 Å². The summed E-state index contributed by atoms with van der Waals surface area (Å²) in [6.07, 6.45) is 1.26. The predicted octanol–water partition coefficient (Wildman–Crippen LogP) is -0.878. The molecule has 6 heteroatoms. The van der Waals surface area contributed by atoms with Gasteiger partial charge in [-0.1, -0.05) is 0 Å². The van der Waals surface area contributed by atoms with Crippen LogP contribution in [-0.4, -0.2) is 75.5 Å². The van der Waals surface area contributed by atoms with Crippen molar-refractivity contribution in [1.29, 1.82) is 0 Å². The molecular weight excluding hydrogens is 244 g/mol. The van der Waals surface area contributed by atoms with E-state index in [4.69, 9.17) is 0 Å². The van der Waals surface area contributed by atoms with Gasteiger partial charge in [0.25, 0.3) is 0 Å². The largest absolute Gasteiger partial charge is 0.356 e. The van der Waals surface area contributed by atoms with Crippen LogP contribution in [0.3, 0.4) is 0 Å². The number of hydrogen-bond donors (Lipinski definition) is 2. The molecule has 1 rings (SSSR count). The molecule has 19 heavy (non-hydrogen) atoms. The topological polar surface area (TPSA) is 64.7 Å². The van der Waals surface area contributed by atoms with Crippen LogP contribution < -0.4 is 10.6 Å². The van der Waals surface area contributed by atoms with Crippen LogP contribution in [0.15, 0.2) is 0 Å². The summed E-state index contributed by atoms with van der Waals surface area (Å²) >= 11 is 0. The van der Waals surface area contributed by atoms with Crippen LogP contribution in [0.25, 0.3) is 0 Å². The quantitative estimate of drug-likeness (QED) is 0.562. The normalized spacial score (nSPS) is 19.3. The lowest BCUT2D eigenvalue weighted by Crippen LogP contribution is -2.36. The van der Waals surface area contributed by atoms with Crippen LogP contribution in [0.2, 0.25) is 0 Å². The van der Waals surface area contributed by atoms with Crippen LogP contribution in [0, 0.1) is 5.92 Å². The Labute approximate surface area is 115 Å². The SMILES string of the molecule is CNCCCNC(=O)C1CC(=O)N(CCN(C)C)C1. The van der Waals surface area contributed by atoms with E-state index >= 15 is 0 Å². The van der Waals surface area contributed by atoms with Crippen molar-refractivity contribution >= 4 is 11.8 Å². The van der Waals surface area contributed by atoms with E-state index in [1.165, 1.54) is 0 Å². The monoisotopic (exact) mass is 270 g/mol. The summed E-state index contributed by atoms with van der Waals surface area (Å²) in [5.74, 6) is -0.0710. The molecule has 1 aliphatic rings. The van der Waals surface area contributed by atoms with Gasteiger partial charge < -0.3 is 20.4 Å². The predicted molar refractivity (Wildman–Crippen MR) is 74.8 cm³/mol. The van der Waals surface area contributed by atoms with Crippen LogP contribution in [0.1, 0.15) is 12.8 Å². The molecule has 0 spiro atoms. The molecule has 1 heterocycles. The van der Waals surface area contributed by atoms with Gasteiger partial charge in [0.2, 0.25) is 11.8 Å². The summed E-state index contributed by atoms with van der Waals surface area (Å²) in [5, 5.41) is 5.93. The molecule has 0 aliphatic carbocycles. The fraction of sp³-hybridized carbons (Fsp3) is 0.846. The van der Waals surface area contributed by atoms with Gasteiger partial charge >= 0.3 is 0 Å². The third-order valence-electron chi connectivity index (χ3n) is 3.31. The number of rotatable bonds is 8. The highest BCUT2D eigenvalue weighted by Gasteiger charge is 2.33. The summed E-state index contributed by atoms with van der Waals surface area (Å²) in [6, 6.07) is 0. The number of nitrogens with one attached hydrogen (secondary N) is 2. The molecule has 0 aromatic heterocycles. The van der Waals surface area contributed by atoms with E-state index in [1.807, 2.05) is 26.0 Å². The molecule has 1 fully saturated rings. The minimum Gasteiger partial charge on any atom is -0.356 e. The molecule has 0 bridgehead atoms. The van der Waals surface area contributed by atoms with E-state index < -0.39 is 0 Å². The molecule has 1 saturated heterocycles. The fourth-order valence-corrected chi connectivity index (χ4v) is 2.11. The van der Waals surface area contributed by atoms with Gasteiger partial charge in [-0.05, 0) is 34.1 Å². The second-order valence-corrected chi connectivity index (χ2v) is 5.29. The lowest BCUT2D eigenvalue weighted by atomic mass is 10.1. The number of carbonyl (C=O) groups excluding carboxylic acids is 2. The van der Waals surface area contributed by atoms with Crippen LogP contribution in [-0.2, 0) is 9.59 Å². The van der Waals surface area contributed by atoms with Gasteiger partial charge in [-0.25, -0.2) is 0 Å². The zero-order valence-electron chi connectivity index (χ0n) is 12.2. The third-order valence-corrected chi connectivity index (χ3v) is 3.31. The van der Waals surface area contributed by atoms with Crippen molar-refractivity contribution in [2.24, 2.45) is 5.92 Å². The zero-order chi connectivity index (χ0) is 14.3. The van der Waals surface area contributed by atoms with Gasteiger partial charge in [-0.3, -0.25) is 9.59 Å². The lowest BCUT2D eigenvalue weighted by Gasteiger charge is -2.19. The van der Waals surface area contributed by atoms with Crippen LogP contribution in [0.4, 0.5) is 0 Å². The van der Waals surface area contributed by atoms with Crippen LogP contribution in [0.5, 0.6) is 0 Å². The molecular formula is C13H26N4O2. The number of carbonyl (C=O) groups is 2. The Balaban J connectivity index is 2.28. The maximum atomic E-state index is 11.9. The van der Waals surface area contributed by atoms with Gasteiger partial charge in [0.1, 0.15) is 0 Å². The van der Waals surface area contributed by atoms with Crippen molar-refractivity contribution in [2.75, 3.05) is 53.9 Å². The minimum absolute atomic E-state index is 0.0109. The van der Waals surface area contributed by atoms with Crippen molar-refractivity contribution in [1.82, 2.24) is 20.4 Å². The van der Waals surface area contributed by atoms with Gasteiger partial charge in [-0.2, -0.15) is 0 Å². The molecule has 6 nitrogen and oxygen atoms in total. The lowest BCUT2D eigenvalue weighted by molar-refractivity contribution is -0.129. The summed E-state index contributed by atoms with van der Waals surface area (Å²) < 4.78 is 0. The van der Waals surface area contributed by atoms with E-state index in [2.05, 4.69) is 10.6 Å². The van der Waals surface area contributed by atoms with Gasteiger partial charge in [0.05, 0.1) is 5.92 Å². The average Bonchev–Trinajstić information content (AvgIpc) is 2.73. The summed E-state index contributed by atoms with van der Waals surface area (Å²) in [7, 11) is 5.85. The van der Waals surface area contributed by atoms with E-state index in [0.717, 1.165) is 19.5 Å². The number of likely N-dealkylation sites (tertiary alicyclic amines) is 1. The maximum Gasteiger partial charge on any atom is 0.225 e. The molecule has 2 N–H and O–H groups in total. The number of amides is 2. The van der Waals surface area contributed by atoms with Gasteiger partial charge in [0.15, 0.2) is 0 Å². The molecule has 0 saturated carbocycles. The number of nitrogens with zero attached hydrogens (tertiary/aromatic N) is 2. The second kappa shape index (κ2) is 8.12. The summed E-state index contributed by atoms with van der Waals surface area (Å²) in [6.45, 7) is 3.66. The molecule has 0 aromatic carbocycles. The summed E-state index contributed by atoms with van der Waals surface area (Å²) in [5.41, 5.74) is 0. The third kappa shape index (κ3) is 5.57. The highest BCUT2D eigenvalue weighted by molar-refractivity contribution is 5.89. The Morgan fingerprint density at radius 1 is 1.42 bits per heavy atom. The standard InChI is InChI=1S/C13H26N4O2/c1-14-5-4-6-15-13(19)11-9-12(18)17(10-11)8-7-16(2)3/h11,14H,4-10H2,1-3H3,(H,15,19). The zero-order valence-corrected chi connectivity index (χ0v) is 12.2. The second-order valence-electron chi connectivity index (χ2n) is 5.29. The highest BCUT2D eigenvalue weighted by atomic mass is 16.2. The van der Waals surface area contributed by atoms with Crippen molar-refractivity contribution in [3.8, 4) is 0 Å². The van der Waals surface area contributed by atoms with Crippen molar-refractivity contribution in [3.05, 3.63) is 0 Å². The Morgan fingerprint density at radius 3 is 2.79 bits per heavy atom. The van der Waals surface area contributed by atoms with Gasteiger partial charge in [-0.15, -0.1) is 0 Å². The Bertz CT molecular complexity index is 307. The highest BCUT2D eigenvalue weighted by Crippen LogP contribution is 2.17.